The van der Waals surface area contributed by atoms with Crippen LogP contribution in [0.4, 0.5) is 0 Å². The van der Waals surface area contributed by atoms with Crippen molar-refractivity contribution in [2.45, 2.75) is 44.9 Å². The maximum absolute atomic E-state index is 12.8. The highest BCUT2D eigenvalue weighted by molar-refractivity contribution is 6.01. The fourth-order valence-electron chi connectivity index (χ4n) is 3.86. The summed E-state index contributed by atoms with van der Waals surface area (Å²) >= 11 is 0. The summed E-state index contributed by atoms with van der Waals surface area (Å²) in [6, 6.07) is 11.9. The summed E-state index contributed by atoms with van der Waals surface area (Å²) in [7, 11) is 0. The minimum absolute atomic E-state index is 0.0235. The average molecular weight is 378 g/mol. The summed E-state index contributed by atoms with van der Waals surface area (Å²) in [6.07, 6.45) is 4.09. The number of aromatic nitrogens is 1. The fraction of sp³-hybridized carbons (Fsp3) is 0.409. The van der Waals surface area contributed by atoms with Crippen molar-refractivity contribution in [2.75, 3.05) is 13.2 Å². The van der Waals surface area contributed by atoms with Crippen LogP contribution in [0, 0.1) is 0 Å². The van der Waals surface area contributed by atoms with Crippen LogP contribution in [0.1, 0.15) is 48.2 Å². The summed E-state index contributed by atoms with van der Waals surface area (Å²) < 4.78 is 5.86. The van der Waals surface area contributed by atoms with Gasteiger partial charge in [0.05, 0.1) is 30.8 Å². The number of hydrogen-bond acceptors (Lipinski definition) is 5. The summed E-state index contributed by atoms with van der Waals surface area (Å²) in [6.45, 7) is 4.26. The molecule has 0 radical (unpaired) electrons. The number of aliphatic imine (C=N–C) groups is 1. The van der Waals surface area contributed by atoms with E-state index >= 15 is 0 Å². The molecular formula is C22H26N4O2. The van der Waals surface area contributed by atoms with Gasteiger partial charge < -0.3 is 15.4 Å². The SMILES string of the molecule is CCNC1=NCc2cc(CC(=O)N[C@H](c3ccccc3)[C@@H]3CCCO3)ncc21. The van der Waals surface area contributed by atoms with Gasteiger partial charge in [-0.2, -0.15) is 0 Å². The Hall–Kier alpha value is -2.73. The number of amidine groups is 1. The predicted octanol–water partition coefficient (Wildman–Crippen LogP) is 2.53. The number of amides is 1. The highest BCUT2D eigenvalue weighted by Gasteiger charge is 2.28. The second-order valence-corrected chi connectivity index (χ2v) is 7.21. The zero-order valence-corrected chi connectivity index (χ0v) is 16.1. The molecule has 0 spiro atoms. The van der Waals surface area contributed by atoms with Crippen LogP contribution in [-0.4, -0.2) is 36.0 Å². The van der Waals surface area contributed by atoms with Gasteiger partial charge in [0.15, 0.2) is 0 Å². The number of hydrogen-bond donors (Lipinski definition) is 2. The summed E-state index contributed by atoms with van der Waals surface area (Å²) in [5.41, 5.74) is 4.00. The number of ether oxygens (including phenoxy) is 1. The molecule has 0 unspecified atom stereocenters. The maximum Gasteiger partial charge on any atom is 0.226 e. The predicted molar refractivity (Wildman–Crippen MR) is 108 cm³/mol. The van der Waals surface area contributed by atoms with Crippen LogP contribution in [0.25, 0.3) is 0 Å². The molecule has 0 saturated carbocycles. The minimum Gasteiger partial charge on any atom is -0.376 e. The van der Waals surface area contributed by atoms with Gasteiger partial charge >= 0.3 is 0 Å². The second-order valence-electron chi connectivity index (χ2n) is 7.21. The van der Waals surface area contributed by atoms with Crippen molar-refractivity contribution < 1.29 is 9.53 Å². The van der Waals surface area contributed by atoms with Crippen LogP contribution in [-0.2, 0) is 22.5 Å². The molecule has 1 fully saturated rings. The molecule has 6 heteroatoms. The quantitative estimate of drug-likeness (QED) is 0.810. The topological polar surface area (TPSA) is 75.6 Å². The molecule has 28 heavy (non-hydrogen) atoms. The number of rotatable bonds is 6. The third-order valence-corrected chi connectivity index (χ3v) is 5.21. The molecule has 2 aromatic rings. The average Bonchev–Trinajstić information content (AvgIpc) is 3.37. The Bertz CT molecular complexity index is 860. The van der Waals surface area contributed by atoms with Crippen molar-refractivity contribution in [3.05, 3.63) is 65.0 Å². The Kier molecular flexibility index (Phi) is 5.67. The number of pyridine rings is 1. The smallest absolute Gasteiger partial charge is 0.226 e. The molecule has 0 aliphatic carbocycles. The largest absolute Gasteiger partial charge is 0.376 e. The third-order valence-electron chi connectivity index (χ3n) is 5.21. The van der Waals surface area contributed by atoms with E-state index in [4.69, 9.17) is 4.74 Å². The van der Waals surface area contributed by atoms with Crippen molar-refractivity contribution in [3.8, 4) is 0 Å². The van der Waals surface area contributed by atoms with Gasteiger partial charge in [0, 0.05) is 24.9 Å². The molecular weight excluding hydrogens is 352 g/mol. The van der Waals surface area contributed by atoms with Crippen molar-refractivity contribution in [2.24, 2.45) is 4.99 Å². The van der Waals surface area contributed by atoms with Crippen molar-refractivity contribution in [1.29, 1.82) is 0 Å². The normalized spacial score (nSPS) is 19.0. The van der Waals surface area contributed by atoms with Crippen LogP contribution in [0.3, 0.4) is 0 Å². The first kappa shape index (κ1) is 18.6. The standard InChI is InChI=1S/C22H26N4O2/c1-2-23-22-18-14-24-17(11-16(18)13-25-22)12-20(27)26-21(19-9-6-10-28-19)15-7-4-3-5-8-15/h3-5,7-8,11,14,19,21H,2,6,9-10,12-13H2,1H3,(H,23,25)(H,26,27)/t19-,21+/m0/s1. The fourth-order valence-corrected chi connectivity index (χ4v) is 3.86. The van der Waals surface area contributed by atoms with Crippen LogP contribution >= 0.6 is 0 Å². The van der Waals surface area contributed by atoms with Crippen molar-refractivity contribution in [3.63, 3.8) is 0 Å². The van der Waals surface area contributed by atoms with Crippen LogP contribution in [0.15, 0.2) is 47.6 Å². The molecule has 6 nitrogen and oxygen atoms in total. The first-order valence-corrected chi connectivity index (χ1v) is 9.97. The molecule has 2 aliphatic heterocycles. The lowest BCUT2D eigenvalue weighted by Gasteiger charge is -2.24. The monoisotopic (exact) mass is 378 g/mol. The van der Waals surface area contributed by atoms with E-state index in [0.29, 0.717) is 6.54 Å². The van der Waals surface area contributed by atoms with E-state index in [0.717, 1.165) is 54.2 Å². The Morgan fingerprint density at radius 2 is 2.18 bits per heavy atom. The Balaban J connectivity index is 1.44. The molecule has 2 atom stereocenters. The Morgan fingerprint density at radius 1 is 1.32 bits per heavy atom. The molecule has 2 aliphatic rings. The zero-order valence-electron chi connectivity index (χ0n) is 16.1. The summed E-state index contributed by atoms with van der Waals surface area (Å²) in [5.74, 6) is 0.853. The lowest BCUT2D eigenvalue weighted by atomic mass is 9.99. The lowest BCUT2D eigenvalue weighted by Crippen LogP contribution is -2.37. The summed E-state index contributed by atoms with van der Waals surface area (Å²) in [5, 5.41) is 6.43. The number of nitrogens with zero attached hydrogens (tertiary/aromatic N) is 2. The van der Waals surface area contributed by atoms with Gasteiger partial charge in [-0.25, -0.2) is 0 Å². The minimum atomic E-state index is -0.130. The van der Waals surface area contributed by atoms with Gasteiger partial charge in [0.2, 0.25) is 5.91 Å². The Morgan fingerprint density at radius 3 is 2.93 bits per heavy atom. The first-order chi connectivity index (χ1) is 13.7. The highest BCUT2D eigenvalue weighted by atomic mass is 16.5. The third kappa shape index (κ3) is 4.07. The molecule has 3 heterocycles. The van der Waals surface area contributed by atoms with Gasteiger partial charge in [0.1, 0.15) is 5.84 Å². The number of nitrogens with one attached hydrogen (secondary N) is 2. The van der Waals surface area contributed by atoms with E-state index in [1.807, 2.05) is 49.5 Å². The zero-order chi connectivity index (χ0) is 19.3. The molecule has 146 valence electrons. The highest BCUT2D eigenvalue weighted by Crippen LogP contribution is 2.27. The van der Waals surface area contributed by atoms with Crippen molar-refractivity contribution in [1.82, 2.24) is 15.6 Å². The molecule has 1 amide bonds. The van der Waals surface area contributed by atoms with Crippen LogP contribution in [0.2, 0.25) is 0 Å². The van der Waals surface area contributed by atoms with Gasteiger partial charge in [-0.3, -0.25) is 14.8 Å². The van der Waals surface area contributed by atoms with Crippen molar-refractivity contribution >= 4 is 11.7 Å². The molecule has 4 rings (SSSR count). The molecule has 2 N–H and O–H groups in total. The van der Waals surface area contributed by atoms with E-state index < -0.39 is 0 Å². The van der Waals surface area contributed by atoms with E-state index in [1.165, 1.54) is 0 Å². The van der Waals surface area contributed by atoms with E-state index in [9.17, 15) is 4.79 Å². The number of fused-ring (bicyclic) bond motifs is 1. The van der Waals surface area contributed by atoms with Crippen LogP contribution in [0.5, 0.6) is 0 Å². The van der Waals surface area contributed by atoms with Gasteiger partial charge in [-0.15, -0.1) is 0 Å². The van der Waals surface area contributed by atoms with Gasteiger partial charge in [-0.1, -0.05) is 30.3 Å². The number of carbonyl (C=O) groups excluding carboxylic acids is 1. The molecule has 0 bridgehead atoms. The molecule has 1 aromatic heterocycles. The first-order valence-electron chi connectivity index (χ1n) is 9.97. The second kappa shape index (κ2) is 8.52. The number of carbonyl (C=O) groups is 1. The van der Waals surface area contributed by atoms with E-state index in [2.05, 4.69) is 20.6 Å². The van der Waals surface area contributed by atoms with Gasteiger partial charge in [0.25, 0.3) is 0 Å². The molecule has 1 aromatic carbocycles. The molecule has 1 saturated heterocycles. The Labute approximate surface area is 165 Å². The van der Waals surface area contributed by atoms with Gasteiger partial charge in [-0.05, 0) is 37.0 Å². The van der Waals surface area contributed by atoms with E-state index in [-0.39, 0.29) is 24.5 Å². The maximum atomic E-state index is 12.8. The van der Waals surface area contributed by atoms with Crippen LogP contribution < -0.4 is 10.6 Å². The summed E-state index contributed by atoms with van der Waals surface area (Å²) in [4.78, 5) is 21.8. The number of benzene rings is 1. The van der Waals surface area contributed by atoms with E-state index in [1.54, 1.807) is 0 Å². The lowest BCUT2D eigenvalue weighted by molar-refractivity contribution is -0.122.